The molecule has 0 saturated carbocycles. The molecule has 0 aliphatic carbocycles. The van der Waals surface area contributed by atoms with Gasteiger partial charge in [-0.1, -0.05) is 12.1 Å². The Kier molecular flexibility index (Phi) is 6.64. The van der Waals surface area contributed by atoms with Gasteiger partial charge in [-0.05, 0) is 36.1 Å². The second-order valence-electron chi connectivity index (χ2n) is 4.56. The Labute approximate surface area is 143 Å². The van der Waals surface area contributed by atoms with Gasteiger partial charge in [0.2, 0.25) is 0 Å². The van der Waals surface area contributed by atoms with Gasteiger partial charge < -0.3 is 15.8 Å². The van der Waals surface area contributed by atoms with E-state index in [0.29, 0.717) is 23.7 Å². The number of thiophene rings is 1. The maximum absolute atomic E-state index is 12.2. The topological polar surface area (TPSA) is 81.4 Å². The third kappa shape index (κ3) is 5.09. The zero-order chi connectivity index (χ0) is 16.7. The summed E-state index contributed by atoms with van der Waals surface area (Å²) in [4.78, 5) is 25.2. The molecule has 2 rings (SSSR count). The van der Waals surface area contributed by atoms with Crippen molar-refractivity contribution >= 4 is 40.7 Å². The van der Waals surface area contributed by atoms with Gasteiger partial charge >= 0.3 is 5.97 Å². The van der Waals surface area contributed by atoms with Crippen molar-refractivity contribution in [1.29, 1.82) is 0 Å². The van der Waals surface area contributed by atoms with Crippen molar-refractivity contribution in [3.63, 3.8) is 0 Å². The Balaban J connectivity index is 2.14. The number of ether oxygens (including phenoxy) is 1. The Morgan fingerprint density at radius 1 is 1.35 bits per heavy atom. The highest BCUT2D eigenvalue weighted by molar-refractivity contribution is 8.00. The number of nitrogens with two attached hydrogens (primary N) is 1. The molecule has 0 unspecified atom stereocenters. The van der Waals surface area contributed by atoms with E-state index in [4.69, 9.17) is 10.5 Å². The number of esters is 1. The largest absolute Gasteiger partial charge is 0.465 e. The maximum Gasteiger partial charge on any atom is 0.316 e. The summed E-state index contributed by atoms with van der Waals surface area (Å²) >= 11 is 2.70. The van der Waals surface area contributed by atoms with E-state index >= 15 is 0 Å². The molecule has 0 spiro atoms. The molecule has 0 atom stereocenters. The average Bonchev–Trinajstić information content (AvgIpc) is 3.08. The van der Waals surface area contributed by atoms with Crippen LogP contribution in [0.3, 0.4) is 0 Å². The van der Waals surface area contributed by atoms with E-state index in [1.807, 2.05) is 29.6 Å². The molecule has 1 heterocycles. The molecule has 0 saturated heterocycles. The number of hydrogen-bond donors (Lipinski definition) is 2. The maximum atomic E-state index is 12.2. The second-order valence-corrected chi connectivity index (χ2v) is 6.52. The molecule has 0 fully saturated rings. The summed E-state index contributed by atoms with van der Waals surface area (Å²) in [7, 11) is 0. The molecular weight excluding hydrogens is 332 g/mol. The van der Waals surface area contributed by atoms with Crippen molar-refractivity contribution in [2.45, 2.75) is 18.4 Å². The first-order valence-corrected chi connectivity index (χ1v) is 8.96. The lowest BCUT2D eigenvalue weighted by molar-refractivity contribution is -0.139. The van der Waals surface area contributed by atoms with Crippen LogP contribution in [0, 0.1) is 0 Å². The summed E-state index contributed by atoms with van der Waals surface area (Å²) in [5, 5.41) is 4.74. The predicted molar refractivity (Wildman–Crippen MR) is 94.0 cm³/mol. The fourth-order valence-electron chi connectivity index (χ4n) is 1.86. The summed E-state index contributed by atoms with van der Waals surface area (Å²) < 4.78 is 4.92. The zero-order valence-electron chi connectivity index (χ0n) is 12.7. The highest BCUT2D eigenvalue weighted by Gasteiger charge is 2.12. The van der Waals surface area contributed by atoms with Crippen LogP contribution in [0.25, 0.3) is 0 Å². The molecule has 122 valence electrons. The summed E-state index contributed by atoms with van der Waals surface area (Å²) in [6, 6.07) is 9.16. The molecule has 7 heteroatoms. The van der Waals surface area contributed by atoms with Gasteiger partial charge in [0.05, 0.1) is 22.9 Å². The highest BCUT2D eigenvalue weighted by Crippen LogP contribution is 2.29. The van der Waals surface area contributed by atoms with Crippen LogP contribution in [-0.2, 0) is 16.1 Å². The SMILES string of the molecule is CCOC(=O)CSc1ccc(CN)cc1NC(=O)c1cccs1. The number of thioether (sulfide) groups is 1. The van der Waals surface area contributed by atoms with Gasteiger partial charge in [0.1, 0.15) is 0 Å². The van der Waals surface area contributed by atoms with Gasteiger partial charge in [0.25, 0.3) is 5.91 Å². The van der Waals surface area contributed by atoms with E-state index in [1.54, 1.807) is 13.0 Å². The van der Waals surface area contributed by atoms with E-state index in [1.165, 1.54) is 23.1 Å². The van der Waals surface area contributed by atoms with Crippen LogP contribution in [-0.4, -0.2) is 24.2 Å². The fraction of sp³-hybridized carbons (Fsp3) is 0.250. The standard InChI is InChI=1S/C16H18N2O3S2/c1-2-21-15(19)10-23-13-6-5-11(9-17)8-12(13)18-16(20)14-4-3-7-22-14/h3-8H,2,9-10,17H2,1H3,(H,18,20). The van der Waals surface area contributed by atoms with Crippen molar-refractivity contribution in [2.24, 2.45) is 5.73 Å². The van der Waals surface area contributed by atoms with Gasteiger partial charge in [-0.2, -0.15) is 0 Å². The summed E-state index contributed by atoms with van der Waals surface area (Å²) in [6.07, 6.45) is 0. The molecule has 0 bridgehead atoms. The van der Waals surface area contributed by atoms with Crippen LogP contribution >= 0.6 is 23.1 Å². The van der Waals surface area contributed by atoms with Gasteiger partial charge in [-0.15, -0.1) is 23.1 Å². The van der Waals surface area contributed by atoms with Crippen LogP contribution < -0.4 is 11.1 Å². The van der Waals surface area contributed by atoms with Crippen molar-refractivity contribution in [1.82, 2.24) is 0 Å². The average molecular weight is 350 g/mol. The van der Waals surface area contributed by atoms with Gasteiger partial charge in [-0.3, -0.25) is 9.59 Å². The predicted octanol–water partition coefficient (Wildman–Crippen LogP) is 3.11. The number of hydrogen-bond acceptors (Lipinski definition) is 6. The minimum atomic E-state index is -0.282. The van der Waals surface area contributed by atoms with Gasteiger partial charge in [-0.25, -0.2) is 0 Å². The number of carbonyl (C=O) groups is 2. The highest BCUT2D eigenvalue weighted by atomic mass is 32.2. The molecule has 23 heavy (non-hydrogen) atoms. The minimum Gasteiger partial charge on any atom is -0.465 e. The summed E-state index contributed by atoms with van der Waals surface area (Å²) in [5.74, 6) is -0.263. The monoisotopic (exact) mass is 350 g/mol. The number of rotatable bonds is 7. The Morgan fingerprint density at radius 2 is 2.17 bits per heavy atom. The number of benzene rings is 1. The van der Waals surface area contributed by atoms with Crippen molar-refractivity contribution in [3.05, 3.63) is 46.2 Å². The molecule has 0 aliphatic rings. The number of amides is 1. The third-order valence-electron chi connectivity index (χ3n) is 2.92. The Bertz CT molecular complexity index is 672. The lowest BCUT2D eigenvalue weighted by Crippen LogP contribution is -2.12. The summed E-state index contributed by atoms with van der Waals surface area (Å²) in [5.41, 5.74) is 7.23. The van der Waals surface area contributed by atoms with Crippen molar-refractivity contribution < 1.29 is 14.3 Å². The molecule has 0 radical (unpaired) electrons. The molecule has 1 amide bonds. The number of nitrogens with one attached hydrogen (secondary N) is 1. The Morgan fingerprint density at radius 3 is 2.83 bits per heavy atom. The van der Waals surface area contributed by atoms with Crippen LogP contribution in [0.5, 0.6) is 0 Å². The molecule has 3 N–H and O–H groups in total. The quantitative estimate of drug-likeness (QED) is 0.592. The molecular formula is C16H18N2O3S2. The lowest BCUT2D eigenvalue weighted by Gasteiger charge is -2.12. The van der Waals surface area contributed by atoms with E-state index < -0.39 is 0 Å². The van der Waals surface area contributed by atoms with E-state index in [0.717, 1.165) is 10.5 Å². The van der Waals surface area contributed by atoms with Crippen LogP contribution in [0.4, 0.5) is 5.69 Å². The third-order valence-corrected chi connectivity index (χ3v) is 4.84. The van der Waals surface area contributed by atoms with E-state index in [2.05, 4.69) is 5.32 Å². The van der Waals surface area contributed by atoms with Crippen molar-refractivity contribution in [3.8, 4) is 0 Å². The van der Waals surface area contributed by atoms with Crippen LogP contribution in [0.2, 0.25) is 0 Å². The van der Waals surface area contributed by atoms with E-state index in [-0.39, 0.29) is 17.6 Å². The van der Waals surface area contributed by atoms with Crippen molar-refractivity contribution in [2.75, 3.05) is 17.7 Å². The van der Waals surface area contributed by atoms with Gasteiger partial charge in [0, 0.05) is 11.4 Å². The fourth-order valence-corrected chi connectivity index (χ4v) is 3.26. The molecule has 0 aliphatic heterocycles. The number of carbonyl (C=O) groups excluding carboxylic acids is 2. The Hall–Kier alpha value is -1.83. The smallest absolute Gasteiger partial charge is 0.316 e. The molecule has 1 aromatic heterocycles. The first kappa shape index (κ1) is 17.5. The molecule has 1 aromatic carbocycles. The second kappa shape index (κ2) is 8.71. The number of anilines is 1. The minimum absolute atomic E-state index is 0.174. The summed E-state index contributed by atoms with van der Waals surface area (Å²) in [6.45, 7) is 2.50. The normalized spacial score (nSPS) is 10.3. The first-order chi connectivity index (χ1) is 11.1. The van der Waals surface area contributed by atoms with Crippen LogP contribution in [0.1, 0.15) is 22.2 Å². The van der Waals surface area contributed by atoms with Crippen LogP contribution in [0.15, 0.2) is 40.6 Å². The lowest BCUT2D eigenvalue weighted by atomic mass is 10.2. The zero-order valence-corrected chi connectivity index (χ0v) is 14.3. The molecule has 5 nitrogen and oxygen atoms in total. The van der Waals surface area contributed by atoms with E-state index in [9.17, 15) is 9.59 Å². The molecule has 2 aromatic rings. The first-order valence-electron chi connectivity index (χ1n) is 7.10. The van der Waals surface area contributed by atoms with Gasteiger partial charge in [0.15, 0.2) is 0 Å².